The fourth-order valence-electron chi connectivity index (χ4n) is 1.76. The Labute approximate surface area is 106 Å². The summed E-state index contributed by atoms with van der Waals surface area (Å²) in [7, 11) is 3.93. The maximum atomic E-state index is 13.0. The molecule has 94 valence electrons. The number of nitrogens with two attached hydrogens (primary N) is 1. The molecular weight excluding hydrogens is 229 g/mol. The van der Waals surface area contributed by atoms with Crippen molar-refractivity contribution in [2.45, 2.75) is 0 Å². The minimum Gasteiger partial charge on any atom is -0.397 e. The molecule has 0 saturated heterocycles. The van der Waals surface area contributed by atoms with Crippen molar-refractivity contribution in [3.63, 3.8) is 0 Å². The van der Waals surface area contributed by atoms with Crippen molar-refractivity contribution in [1.29, 1.82) is 0 Å². The second kappa shape index (κ2) is 4.96. The molecule has 0 fully saturated rings. The van der Waals surface area contributed by atoms with Gasteiger partial charge in [0.15, 0.2) is 0 Å². The highest BCUT2D eigenvalue weighted by Gasteiger charge is 2.06. The molecule has 0 radical (unpaired) electrons. The zero-order valence-electron chi connectivity index (χ0n) is 10.4. The molecule has 0 aromatic heterocycles. The van der Waals surface area contributed by atoms with Gasteiger partial charge in [0, 0.05) is 14.1 Å². The van der Waals surface area contributed by atoms with Crippen molar-refractivity contribution in [3.05, 3.63) is 48.3 Å². The minimum atomic E-state index is -0.334. The summed E-state index contributed by atoms with van der Waals surface area (Å²) in [5, 5.41) is 3.22. The van der Waals surface area contributed by atoms with E-state index >= 15 is 0 Å². The summed E-state index contributed by atoms with van der Waals surface area (Å²) in [6.07, 6.45) is 0. The van der Waals surface area contributed by atoms with Crippen LogP contribution in [0.25, 0.3) is 0 Å². The molecule has 0 unspecified atom stereocenters. The van der Waals surface area contributed by atoms with Crippen molar-refractivity contribution in [2.75, 3.05) is 30.0 Å². The highest BCUT2D eigenvalue weighted by atomic mass is 19.1. The van der Waals surface area contributed by atoms with Gasteiger partial charge in [-0.25, -0.2) is 4.39 Å². The van der Waals surface area contributed by atoms with Crippen LogP contribution in [-0.2, 0) is 0 Å². The quantitative estimate of drug-likeness (QED) is 0.816. The Hall–Kier alpha value is -2.23. The van der Waals surface area contributed by atoms with Gasteiger partial charge in [0.05, 0.1) is 22.7 Å². The van der Waals surface area contributed by atoms with E-state index in [4.69, 9.17) is 5.73 Å². The molecule has 0 atom stereocenters. The summed E-state index contributed by atoms with van der Waals surface area (Å²) in [6.45, 7) is 0. The smallest absolute Gasteiger partial charge is 0.125 e. The van der Waals surface area contributed by atoms with Gasteiger partial charge < -0.3 is 16.0 Å². The number of benzene rings is 2. The number of nitrogens with one attached hydrogen (secondary N) is 1. The van der Waals surface area contributed by atoms with E-state index in [1.54, 1.807) is 6.07 Å². The maximum absolute atomic E-state index is 13.0. The summed E-state index contributed by atoms with van der Waals surface area (Å²) in [5.41, 5.74) is 8.85. The van der Waals surface area contributed by atoms with E-state index in [-0.39, 0.29) is 5.82 Å². The molecule has 0 aliphatic heterocycles. The molecule has 3 nitrogen and oxygen atoms in total. The predicted octanol–water partition coefficient (Wildman–Crippen LogP) is 3.22. The van der Waals surface area contributed by atoms with Gasteiger partial charge in [-0.2, -0.15) is 0 Å². The zero-order valence-corrected chi connectivity index (χ0v) is 10.4. The van der Waals surface area contributed by atoms with Gasteiger partial charge in [0.25, 0.3) is 0 Å². The van der Waals surface area contributed by atoms with Crippen LogP contribution in [-0.4, -0.2) is 14.1 Å². The Morgan fingerprint density at radius 1 is 1.06 bits per heavy atom. The van der Waals surface area contributed by atoms with Gasteiger partial charge in [0.1, 0.15) is 5.82 Å². The van der Waals surface area contributed by atoms with E-state index in [1.165, 1.54) is 12.1 Å². The molecule has 2 aromatic rings. The van der Waals surface area contributed by atoms with Crippen molar-refractivity contribution < 1.29 is 4.39 Å². The number of hydrogen-bond acceptors (Lipinski definition) is 3. The Kier molecular flexibility index (Phi) is 3.37. The lowest BCUT2D eigenvalue weighted by Gasteiger charge is -2.19. The van der Waals surface area contributed by atoms with E-state index in [9.17, 15) is 4.39 Å². The Balaban J connectivity index is 2.34. The monoisotopic (exact) mass is 245 g/mol. The molecule has 0 heterocycles. The number of nitrogen functional groups attached to an aromatic ring is 1. The summed E-state index contributed by atoms with van der Waals surface area (Å²) in [4.78, 5) is 2.00. The summed E-state index contributed by atoms with van der Waals surface area (Å²) in [6, 6.07) is 12.2. The second-order valence-corrected chi connectivity index (χ2v) is 4.27. The van der Waals surface area contributed by atoms with Crippen molar-refractivity contribution in [2.24, 2.45) is 0 Å². The average molecular weight is 245 g/mol. The molecule has 0 amide bonds. The van der Waals surface area contributed by atoms with Gasteiger partial charge in [-0.15, -0.1) is 0 Å². The van der Waals surface area contributed by atoms with Crippen LogP contribution in [0.5, 0.6) is 0 Å². The van der Waals surface area contributed by atoms with E-state index in [0.29, 0.717) is 11.4 Å². The molecule has 0 aliphatic rings. The standard InChI is InChI=1S/C14H16FN3/c1-18(2)14-6-4-3-5-13(14)17-12-8-7-10(15)9-11(12)16/h3-9,17H,16H2,1-2H3. The number of para-hydroxylation sites is 2. The SMILES string of the molecule is CN(C)c1ccccc1Nc1ccc(F)cc1N. The highest BCUT2D eigenvalue weighted by molar-refractivity contribution is 5.79. The van der Waals surface area contributed by atoms with Crippen LogP contribution in [0, 0.1) is 5.82 Å². The van der Waals surface area contributed by atoms with Crippen molar-refractivity contribution in [3.8, 4) is 0 Å². The first kappa shape index (κ1) is 12.2. The molecule has 0 saturated carbocycles. The third-order valence-electron chi connectivity index (χ3n) is 2.67. The van der Waals surface area contributed by atoms with Crippen LogP contribution in [0.2, 0.25) is 0 Å². The molecule has 0 aliphatic carbocycles. The maximum Gasteiger partial charge on any atom is 0.125 e. The largest absolute Gasteiger partial charge is 0.397 e. The lowest BCUT2D eigenvalue weighted by atomic mass is 10.2. The van der Waals surface area contributed by atoms with E-state index < -0.39 is 0 Å². The number of hydrogen-bond donors (Lipinski definition) is 2. The second-order valence-electron chi connectivity index (χ2n) is 4.27. The minimum absolute atomic E-state index is 0.334. The molecule has 2 rings (SSSR count). The van der Waals surface area contributed by atoms with Crippen LogP contribution in [0.3, 0.4) is 0 Å². The molecule has 4 heteroatoms. The number of halogens is 1. The van der Waals surface area contributed by atoms with Gasteiger partial charge in [-0.3, -0.25) is 0 Å². The molecule has 0 spiro atoms. The fraction of sp³-hybridized carbons (Fsp3) is 0.143. The number of nitrogens with zero attached hydrogens (tertiary/aromatic N) is 1. The Morgan fingerprint density at radius 2 is 1.78 bits per heavy atom. The van der Waals surface area contributed by atoms with E-state index in [0.717, 1.165) is 11.4 Å². The first-order valence-electron chi connectivity index (χ1n) is 5.66. The van der Waals surface area contributed by atoms with E-state index in [1.807, 2.05) is 43.3 Å². The summed E-state index contributed by atoms with van der Waals surface area (Å²) < 4.78 is 13.0. The van der Waals surface area contributed by atoms with Crippen molar-refractivity contribution >= 4 is 22.7 Å². The fourth-order valence-corrected chi connectivity index (χ4v) is 1.76. The Morgan fingerprint density at radius 3 is 2.44 bits per heavy atom. The third kappa shape index (κ3) is 2.53. The van der Waals surface area contributed by atoms with Crippen LogP contribution < -0.4 is 16.0 Å². The van der Waals surface area contributed by atoms with Gasteiger partial charge in [0.2, 0.25) is 0 Å². The Bertz CT molecular complexity index is 552. The van der Waals surface area contributed by atoms with Crippen LogP contribution in [0.15, 0.2) is 42.5 Å². The molecular formula is C14H16FN3. The molecule has 0 bridgehead atoms. The topological polar surface area (TPSA) is 41.3 Å². The van der Waals surface area contributed by atoms with Gasteiger partial charge in [-0.05, 0) is 30.3 Å². The lowest BCUT2D eigenvalue weighted by Crippen LogP contribution is -2.11. The van der Waals surface area contributed by atoms with Gasteiger partial charge >= 0.3 is 0 Å². The van der Waals surface area contributed by atoms with Crippen LogP contribution in [0.4, 0.5) is 27.1 Å². The normalized spacial score (nSPS) is 10.2. The number of rotatable bonds is 3. The van der Waals surface area contributed by atoms with E-state index in [2.05, 4.69) is 5.32 Å². The zero-order chi connectivity index (χ0) is 13.1. The average Bonchev–Trinajstić information content (AvgIpc) is 2.33. The lowest BCUT2D eigenvalue weighted by molar-refractivity contribution is 0.628. The predicted molar refractivity (Wildman–Crippen MR) is 74.9 cm³/mol. The van der Waals surface area contributed by atoms with Crippen LogP contribution in [0.1, 0.15) is 0 Å². The first-order chi connectivity index (χ1) is 8.58. The first-order valence-corrected chi connectivity index (χ1v) is 5.66. The van der Waals surface area contributed by atoms with Gasteiger partial charge in [-0.1, -0.05) is 12.1 Å². The molecule has 3 N–H and O–H groups in total. The third-order valence-corrected chi connectivity index (χ3v) is 2.67. The summed E-state index contributed by atoms with van der Waals surface area (Å²) in [5.74, 6) is -0.334. The molecule has 2 aromatic carbocycles. The summed E-state index contributed by atoms with van der Waals surface area (Å²) >= 11 is 0. The van der Waals surface area contributed by atoms with Crippen molar-refractivity contribution in [1.82, 2.24) is 0 Å². The highest BCUT2D eigenvalue weighted by Crippen LogP contribution is 2.29. The molecule has 18 heavy (non-hydrogen) atoms. The van der Waals surface area contributed by atoms with Crippen LogP contribution >= 0.6 is 0 Å². The number of anilines is 4.